The zero-order chi connectivity index (χ0) is 12.5. The van der Waals surface area contributed by atoms with Crippen LogP contribution in [0.3, 0.4) is 0 Å². The molecule has 92 valence electrons. The molecule has 4 nitrogen and oxygen atoms in total. The van der Waals surface area contributed by atoms with Crippen molar-refractivity contribution in [2.45, 2.75) is 12.5 Å². The second kappa shape index (κ2) is 4.44. The number of H-pyrrole nitrogens is 1. The van der Waals surface area contributed by atoms with Crippen LogP contribution < -0.4 is 5.73 Å². The number of phenolic OH excluding ortho intramolecular Hbond substituents is 1. The number of thiazole rings is 1. The number of nitrogens with one attached hydrogen (secondary N) is 1. The summed E-state index contributed by atoms with van der Waals surface area (Å²) in [5.74, 6) is 0.269. The van der Waals surface area contributed by atoms with Gasteiger partial charge in [0.1, 0.15) is 5.75 Å². The molecule has 3 rings (SSSR count). The molecule has 0 radical (unpaired) electrons. The standard InChI is InChI=1S/C13H13N3OS/c14-11(13-6-18-7-16-13)3-8-5-15-12-2-1-9(17)4-10(8)12/h1-2,4-7,11,15,17H,3,14H2/t11-/m1/s1. The monoisotopic (exact) mass is 259 g/mol. The highest BCUT2D eigenvalue weighted by Gasteiger charge is 2.12. The highest BCUT2D eigenvalue weighted by molar-refractivity contribution is 7.07. The molecule has 0 fully saturated rings. The molecule has 1 aromatic carbocycles. The van der Waals surface area contributed by atoms with Crippen LogP contribution in [0.5, 0.6) is 5.75 Å². The van der Waals surface area contributed by atoms with E-state index in [2.05, 4.69) is 9.97 Å². The maximum absolute atomic E-state index is 9.54. The van der Waals surface area contributed by atoms with Gasteiger partial charge in [0.15, 0.2) is 0 Å². The summed E-state index contributed by atoms with van der Waals surface area (Å²) in [6.45, 7) is 0. The predicted octanol–water partition coefficient (Wildman–Crippen LogP) is 2.57. The molecule has 3 aromatic rings. The van der Waals surface area contributed by atoms with Crippen LogP contribution in [0.15, 0.2) is 35.3 Å². The predicted molar refractivity (Wildman–Crippen MR) is 72.7 cm³/mol. The van der Waals surface area contributed by atoms with Gasteiger partial charge in [0, 0.05) is 22.5 Å². The molecule has 0 bridgehead atoms. The van der Waals surface area contributed by atoms with Crippen LogP contribution in [-0.4, -0.2) is 15.1 Å². The van der Waals surface area contributed by atoms with Crippen LogP contribution in [0.2, 0.25) is 0 Å². The SMILES string of the molecule is N[C@H](Cc1c[nH]c2ccc(O)cc12)c1cscn1. The molecule has 0 spiro atoms. The summed E-state index contributed by atoms with van der Waals surface area (Å²) in [7, 11) is 0. The molecule has 2 heterocycles. The second-order valence-electron chi connectivity index (χ2n) is 4.27. The van der Waals surface area contributed by atoms with Gasteiger partial charge in [0.2, 0.25) is 0 Å². The topological polar surface area (TPSA) is 74.9 Å². The zero-order valence-corrected chi connectivity index (χ0v) is 10.4. The molecule has 4 N–H and O–H groups in total. The Balaban J connectivity index is 1.93. The molecule has 0 aliphatic rings. The van der Waals surface area contributed by atoms with Crippen molar-refractivity contribution < 1.29 is 5.11 Å². The van der Waals surface area contributed by atoms with Gasteiger partial charge in [-0.15, -0.1) is 11.3 Å². The van der Waals surface area contributed by atoms with Gasteiger partial charge in [-0.1, -0.05) is 0 Å². The van der Waals surface area contributed by atoms with Crippen molar-refractivity contribution in [2.75, 3.05) is 0 Å². The number of benzene rings is 1. The average molecular weight is 259 g/mol. The van der Waals surface area contributed by atoms with Gasteiger partial charge >= 0.3 is 0 Å². The lowest BCUT2D eigenvalue weighted by Gasteiger charge is -2.07. The number of nitrogens with two attached hydrogens (primary N) is 1. The number of fused-ring (bicyclic) bond motifs is 1. The van der Waals surface area contributed by atoms with Gasteiger partial charge in [-0.3, -0.25) is 0 Å². The van der Waals surface area contributed by atoms with Crippen molar-refractivity contribution in [3.05, 3.63) is 46.5 Å². The normalized spacial score (nSPS) is 12.9. The fraction of sp³-hybridized carbons (Fsp3) is 0.154. The highest BCUT2D eigenvalue weighted by atomic mass is 32.1. The lowest BCUT2D eigenvalue weighted by molar-refractivity contribution is 0.476. The van der Waals surface area contributed by atoms with E-state index in [1.165, 1.54) is 0 Å². The molecule has 0 amide bonds. The first-order chi connectivity index (χ1) is 8.74. The van der Waals surface area contributed by atoms with E-state index >= 15 is 0 Å². The quantitative estimate of drug-likeness (QED) is 0.676. The Morgan fingerprint density at radius 3 is 3.11 bits per heavy atom. The molecule has 1 atom stereocenters. The number of aromatic amines is 1. The number of nitrogens with zero attached hydrogens (tertiary/aromatic N) is 1. The number of phenols is 1. The van der Waals surface area contributed by atoms with Crippen LogP contribution >= 0.6 is 11.3 Å². The lowest BCUT2D eigenvalue weighted by Crippen LogP contribution is -2.13. The number of hydrogen-bond donors (Lipinski definition) is 3. The van der Waals surface area contributed by atoms with E-state index in [1.807, 2.05) is 17.6 Å². The summed E-state index contributed by atoms with van der Waals surface area (Å²) < 4.78 is 0. The molecule has 0 saturated carbocycles. The zero-order valence-electron chi connectivity index (χ0n) is 9.63. The van der Waals surface area contributed by atoms with Crippen LogP contribution in [0.25, 0.3) is 10.9 Å². The van der Waals surface area contributed by atoms with Gasteiger partial charge in [-0.2, -0.15) is 0 Å². The molecule has 0 saturated heterocycles. The van der Waals surface area contributed by atoms with Gasteiger partial charge in [0.25, 0.3) is 0 Å². The molecule has 2 aromatic heterocycles. The van der Waals surface area contributed by atoms with E-state index in [0.717, 1.165) is 22.2 Å². The highest BCUT2D eigenvalue weighted by Crippen LogP contribution is 2.26. The Hall–Kier alpha value is -1.85. The number of rotatable bonds is 3. The molecule has 18 heavy (non-hydrogen) atoms. The maximum atomic E-state index is 9.54. The fourth-order valence-electron chi connectivity index (χ4n) is 2.08. The first-order valence-corrected chi connectivity index (χ1v) is 6.61. The minimum absolute atomic E-state index is 0.113. The third-order valence-electron chi connectivity index (χ3n) is 3.02. The average Bonchev–Trinajstić information content (AvgIpc) is 2.99. The molecular formula is C13H13N3OS. The van der Waals surface area contributed by atoms with E-state index < -0.39 is 0 Å². The van der Waals surface area contributed by atoms with Gasteiger partial charge in [-0.05, 0) is 30.2 Å². The summed E-state index contributed by atoms with van der Waals surface area (Å²) in [6, 6.07) is 5.18. The van der Waals surface area contributed by atoms with Crippen molar-refractivity contribution in [1.29, 1.82) is 0 Å². The lowest BCUT2D eigenvalue weighted by atomic mass is 10.0. The first-order valence-electron chi connectivity index (χ1n) is 5.66. The van der Waals surface area contributed by atoms with Crippen molar-refractivity contribution in [3.63, 3.8) is 0 Å². The number of aromatic hydroxyl groups is 1. The van der Waals surface area contributed by atoms with E-state index in [0.29, 0.717) is 6.42 Å². The van der Waals surface area contributed by atoms with Crippen molar-refractivity contribution in [2.24, 2.45) is 5.73 Å². The molecular weight excluding hydrogens is 246 g/mol. The largest absolute Gasteiger partial charge is 0.508 e. The minimum Gasteiger partial charge on any atom is -0.508 e. The molecule has 0 aliphatic carbocycles. The smallest absolute Gasteiger partial charge is 0.116 e. The number of aromatic nitrogens is 2. The Bertz CT molecular complexity index is 660. The van der Waals surface area contributed by atoms with Crippen LogP contribution in [-0.2, 0) is 6.42 Å². The van der Waals surface area contributed by atoms with E-state index in [1.54, 1.807) is 29.0 Å². The van der Waals surface area contributed by atoms with Crippen molar-refractivity contribution >= 4 is 22.2 Å². The summed E-state index contributed by atoms with van der Waals surface area (Å²) >= 11 is 1.55. The van der Waals surface area contributed by atoms with Crippen molar-refractivity contribution in [3.8, 4) is 5.75 Å². The van der Waals surface area contributed by atoms with E-state index in [9.17, 15) is 5.11 Å². The number of hydrogen-bond acceptors (Lipinski definition) is 4. The van der Waals surface area contributed by atoms with Gasteiger partial charge in [0.05, 0.1) is 17.2 Å². The third-order valence-corrected chi connectivity index (χ3v) is 3.63. The van der Waals surface area contributed by atoms with Crippen LogP contribution in [0.1, 0.15) is 17.3 Å². The third kappa shape index (κ3) is 1.98. The summed E-state index contributed by atoms with van der Waals surface area (Å²) in [6.07, 6.45) is 2.64. The second-order valence-corrected chi connectivity index (χ2v) is 4.99. The Morgan fingerprint density at radius 1 is 1.44 bits per heavy atom. The van der Waals surface area contributed by atoms with E-state index in [-0.39, 0.29) is 11.8 Å². The van der Waals surface area contributed by atoms with Gasteiger partial charge < -0.3 is 15.8 Å². The summed E-state index contributed by atoms with van der Waals surface area (Å²) in [4.78, 5) is 7.41. The fourth-order valence-corrected chi connectivity index (χ4v) is 2.70. The van der Waals surface area contributed by atoms with Crippen molar-refractivity contribution in [1.82, 2.24) is 9.97 Å². The summed E-state index contributed by atoms with van der Waals surface area (Å²) in [5.41, 5.74) is 10.9. The van der Waals surface area contributed by atoms with Crippen LogP contribution in [0, 0.1) is 0 Å². The summed E-state index contributed by atoms with van der Waals surface area (Å²) in [5, 5.41) is 12.5. The van der Waals surface area contributed by atoms with Gasteiger partial charge in [-0.25, -0.2) is 4.98 Å². The maximum Gasteiger partial charge on any atom is 0.116 e. The molecule has 0 aliphatic heterocycles. The Labute approximate surface area is 108 Å². The molecule has 5 heteroatoms. The molecule has 0 unspecified atom stereocenters. The first kappa shape index (κ1) is 11.3. The minimum atomic E-state index is -0.113. The Kier molecular flexibility index (Phi) is 2.77. The Morgan fingerprint density at radius 2 is 2.33 bits per heavy atom. The van der Waals surface area contributed by atoms with Crippen LogP contribution in [0.4, 0.5) is 0 Å². The van der Waals surface area contributed by atoms with E-state index in [4.69, 9.17) is 5.73 Å².